The predicted octanol–water partition coefficient (Wildman–Crippen LogP) is 3.34. The third-order valence-corrected chi connectivity index (χ3v) is 6.89. The Morgan fingerprint density at radius 2 is 1.81 bits per heavy atom. The van der Waals surface area contributed by atoms with E-state index in [1.165, 1.54) is 0 Å². The van der Waals surface area contributed by atoms with Crippen LogP contribution in [0.2, 0.25) is 5.02 Å². The van der Waals surface area contributed by atoms with Gasteiger partial charge in [-0.15, -0.1) is 0 Å². The van der Waals surface area contributed by atoms with Crippen LogP contribution in [0.3, 0.4) is 0 Å². The molecule has 0 unspecified atom stereocenters. The number of hydrogen-bond donors (Lipinski definition) is 2. The highest BCUT2D eigenvalue weighted by molar-refractivity contribution is 6.30. The van der Waals surface area contributed by atoms with Crippen molar-refractivity contribution in [2.75, 3.05) is 19.8 Å². The van der Waals surface area contributed by atoms with Crippen LogP contribution >= 0.6 is 11.6 Å². The first-order chi connectivity index (χ1) is 17.0. The van der Waals surface area contributed by atoms with E-state index in [0.717, 1.165) is 0 Å². The Bertz CT molecular complexity index is 963. The van der Waals surface area contributed by atoms with E-state index in [1.807, 2.05) is 13.8 Å². The van der Waals surface area contributed by atoms with Crippen molar-refractivity contribution in [3.63, 3.8) is 0 Å². The van der Waals surface area contributed by atoms with E-state index in [0.29, 0.717) is 36.4 Å². The Morgan fingerprint density at radius 3 is 2.39 bits per heavy atom. The van der Waals surface area contributed by atoms with Gasteiger partial charge in [0, 0.05) is 48.4 Å². The van der Waals surface area contributed by atoms with Gasteiger partial charge in [0.15, 0.2) is 23.3 Å². The van der Waals surface area contributed by atoms with Crippen LogP contribution in [0.25, 0.3) is 0 Å². The lowest BCUT2D eigenvalue weighted by Gasteiger charge is -2.30. The number of Topliss-reactive ketones (excluding diaryl/α,β-unsaturated/α-hetero) is 3. The third kappa shape index (κ3) is 8.40. The summed E-state index contributed by atoms with van der Waals surface area (Å²) in [5, 5.41) is 0.516. The number of carbonyl (C=O) groups excluding carboxylic acids is 4. The van der Waals surface area contributed by atoms with Gasteiger partial charge < -0.3 is 16.4 Å². The fourth-order valence-electron chi connectivity index (χ4n) is 4.55. The van der Waals surface area contributed by atoms with E-state index in [1.54, 1.807) is 29.2 Å². The minimum Gasteiger partial charge on any atom is -0.370 e. The average molecular weight is 523 g/mol. The maximum Gasteiger partial charge on any atom is 0.227 e. The molecule has 0 aromatic heterocycles. The molecule has 36 heavy (non-hydrogen) atoms. The van der Waals surface area contributed by atoms with Gasteiger partial charge in [0.25, 0.3) is 0 Å². The summed E-state index contributed by atoms with van der Waals surface area (Å²) in [6.45, 7) is 3.27. The van der Waals surface area contributed by atoms with Crippen molar-refractivity contribution in [3.8, 4) is 0 Å². The molecule has 4 N–H and O–H groups in total. The number of aliphatic imine (C=N–C) groups is 1. The molecule has 3 atom stereocenters. The molecule has 1 aromatic rings. The van der Waals surface area contributed by atoms with E-state index in [4.69, 9.17) is 23.1 Å². The minimum atomic E-state index is -1.16. The number of benzene rings is 1. The number of halogens is 2. The number of hydrogen-bond acceptors (Lipinski definition) is 5. The number of amides is 1. The van der Waals surface area contributed by atoms with Crippen molar-refractivity contribution in [1.29, 1.82) is 0 Å². The highest BCUT2D eigenvalue weighted by Crippen LogP contribution is 2.29. The number of nitrogens with zero attached hydrogens (tertiary/aromatic N) is 2. The van der Waals surface area contributed by atoms with Crippen LogP contribution in [0, 0.1) is 17.8 Å². The van der Waals surface area contributed by atoms with Crippen molar-refractivity contribution >= 4 is 40.8 Å². The molecule has 2 rings (SSSR count). The van der Waals surface area contributed by atoms with Gasteiger partial charge in [0.1, 0.15) is 6.67 Å². The molecule has 0 saturated carbocycles. The van der Waals surface area contributed by atoms with Crippen LogP contribution < -0.4 is 11.5 Å². The number of rotatable bonds is 14. The lowest BCUT2D eigenvalue weighted by atomic mass is 9.86. The second-order valence-electron chi connectivity index (χ2n) is 9.59. The van der Waals surface area contributed by atoms with Crippen molar-refractivity contribution in [2.45, 2.75) is 58.4 Å². The molecule has 0 spiro atoms. The first-order valence-corrected chi connectivity index (χ1v) is 12.7. The fourth-order valence-corrected chi connectivity index (χ4v) is 4.68. The van der Waals surface area contributed by atoms with Gasteiger partial charge in [-0.2, -0.15) is 0 Å². The summed E-state index contributed by atoms with van der Waals surface area (Å²) < 4.78 is 13.2. The van der Waals surface area contributed by atoms with E-state index < -0.39 is 30.3 Å². The van der Waals surface area contributed by atoms with Crippen LogP contribution in [-0.4, -0.2) is 59.9 Å². The van der Waals surface area contributed by atoms with E-state index in [-0.39, 0.29) is 55.2 Å². The third-order valence-electron chi connectivity index (χ3n) is 6.64. The van der Waals surface area contributed by atoms with Crippen LogP contribution in [0.15, 0.2) is 29.3 Å². The van der Waals surface area contributed by atoms with Crippen molar-refractivity contribution in [3.05, 3.63) is 34.9 Å². The van der Waals surface area contributed by atoms with E-state index >= 15 is 0 Å². The fraction of sp³-hybridized carbons (Fsp3) is 0.577. The monoisotopic (exact) mass is 522 g/mol. The molecular weight excluding hydrogens is 487 g/mol. The number of guanidine groups is 1. The maximum absolute atomic E-state index is 13.5. The first kappa shape index (κ1) is 29.4. The van der Waals surface area contributed by atoms with Gasteiger partial charge >= 0.3 is 0 Å². The summed E-state index contributed by atoms with van der Waals surface area (Å²) in [4.78, 5) is 57.1. The summed E-state index contributed by atoms with van der Waals surface area (Å²) in [6, 6.07) is 5.83. The summed E-state index contributed by atoms with van der Waals surface area (Å²) in [5.74, 6) is -2.90. The Labute approximate surface area is 216 Å². The molecule has 10 heteroatoms. The number of likely N-dealkylation sites (tertiary alicyclic amines) is 1. The van der Waals surface area contributed by atoms with Crippen LogP contribution in [0.5, 0.6) is 0 Å². The molecule has 198 valence electrons. The van der Waals surface area contributed by atoms with Crippen LogP contribution in [0.1, 0.15) is 62.7 Å². The van der Waals surface area contributed by atoms with Gasteiger partial charge in [0.2, 0.25) is 5.91 Å². The normalized spacial score (nSPS) is 17.0. The minimum absolute atomic E-state index is 0.0172. The molecule has 1 aromatic carbocycles. The molecule has 1 fully saturated rings. The van der Waals surface area contributed by atoms with Crippen LogP contribution in [-0.2, 0) is 14.4 Å². The summed E-state index contributed by atoms with van der Waals surface area (Å²) in [7, 11) is 0. The largest absolute Gasteiger partial charge is 0.370 e. The van der Waals surface area contributed by atoms with Gasteiger partial charge in [-0.25, -0.2) is 4.39 Å². The molecule has 0 bridgehead atoms. The van der Waals surface area contributed by atoms with Gasteiger partial charge in [-0.05, 0) is 55.9 Å². The molecule has 8 nitrogen and oxygen atoms in total. The topological polar surface area (TPSA) is 136 Å². The lowest BCUT2D eigenvalue weighted by molar-refractivity contribution is -0.142. The summed E-state index contributed by atoms with van der Waals surface area (Å²) in [6.07, 6.45) is 1.70. The first-order valence-electron chi connectivity index (χ1n) is 12.3. The molecule has 1 aliphatic rings. The van der Waals surface area contributed by atoms with Crippen molar-refractivity contribution < 1.29 is 23.6 Å². The average Bonchev–Trinajstić information content (AvgIpc) is 3.33. The summed E-state index contributed by atoms with van der Waals surface area (Å²) >= 11 is 5.91. The SMILES string of the molecule is CC(C)[C@H](CC(=O)c1ccc(Cl)cc1)C(=O)N1CCC[C@H]1C(=O)C[C@@H](CCCN=C(N)N)C(=O)CF. The zero-order chi connectivity index (χ0) is 26.8. The highest BCUT2D eigenvalue weighted by Gasteiger charge is 2.39. The number of carbonyl (C=O) groups is 4. The smallest absolute Gasteiger partial charge is 0.227 e. The highest BCUT2D eigenvalue weighted by atomic mass is 35.5. The number of alkyl halides is 1. The Hall–Kier alpha value is -2.81. The van der Waals surface area contributed by atoms with Crippen molar-refractivity contribution in [2.24, 2.45) is 34.2 Å². The van der Waals surface area contributed by atoms with E-state index in [2.05, 4.69) is 4.99 Å². The Balaban J connectivity index is 2.09. The lowest BCUT2D eigenvalue weighted by Crippen LogP contribution is -2.45. The number of nitrogens with two attached hydrogens (primary N) is 2. The molecular formula is C26H36ClFN4O4. The second-order valence-corrected chi connectivity index (χ2v) is 10.0. The van der Waals surface area contributed by atoms with Gasteiger partial charge in [0.05, 0.1) is 6.04 Å². The zero-order valence-corrected chi connectivity index (χ0v) is 21.7. The molecule has 1 saturated heterocycles. The number of ketones is 3. The zero-order valence-electron chi connectivity index (χ0n) is 20.9. The van der Waals surface area contributed by atoms with Gasteiger partial charge in [-0.3, -0.25) is 24.2 Å². The molecule has 1 aliphatic heterocycles. The summed E-state index contributed by atoms with van der Waals surface area (Å²) in [5.41, 5.74) is 11.1. The standard InChI is InChI=1S/C26H36ClFN4O4/c1-16(2)20(14-22(33)17-7-9-19(27)10-8-17)25(36)32-12-4-6-21(32)23(34)13-18(24(35)15-28)5-3-11-31-26(29)30/h7-10,16,18,20-21H,3-6,11-15H2,1-2H3,(H4,29,30,31)/t18-,20+,21+/m1/s1. The molecule has 0 radical (unpaired) electrons. The quantitative estimate of drug-likeness (QED) is 0.166. The Morgan fingerprint density at radius 1 is 1.14 bits per heavy atom. The maximum atomic E-state index is 13.5. The van der Waals surface area contributed by atoms with Crippen LogP contribution in [0.4, 0.5) is 4.39 Å². The predicted molar refractivity (Wildman–Crippen MR) is 137 cm³/mol. The molecule has 1 amide bonds. The molecule has 1 heterocycles. The Kier molecular flexibility index (Phi) is 11.5. The van der Waals surface area contributed by atoms with Crippen molar-refractivity contribution in [1.82, 2.24) is 4.90 Å². The second kappa shape index (κ2) is 14.1. The van der Waals surface area contributed by atoms with Gasteiger partial charge in [-0.1, -0.05) is 25.4 Å². The van der Waals surface area contributed by atoms with E-state index in [9.17, 15) is 23.6 Å². The molecule has 0 aliphatic carbocycles.